The summed E-state index contributed by atoms with van der Waals surface area (Å²) in [6.45, 7) is 9.31. The Morgan fingerprint density at radius 1 is 0.952 bits per heavy atom. The number of hydrogen-bond acceptors (Lipinski definition) is 8. The molecule has 11 nitrogen and oxygen atoms in total. The number of benzene rings is 2. The molecule has 3 N–H and O–H groups in total. The Kier molecular flexibility index (Phi) is 10.5. The summed E-state index contributed by atoms with van der Waals surface area (Å²) in [5.74, 6) is -1.93. The van der Waals surface area contributed by atoms with Crippen molar-refractivity contribution in [2.75, 3.05) is 17.5 Å². The van der Waals surface area contributed by atoms with Crippen molar-refractivity contribution in [1.29, 1.82) is 0 Å². The maximum absolute atomic E-state index is 13.3. The van der Waals surface area contributed by atoms with Gasteiger partial charge in [0.05, 0.1) is 23.4 Å². The highest BCUT2D eigenvalue weighted by Gasteiger charge is 2.38. The van der Waals surface area contributed by atoms with Crippen LogP contribution in [0.4, 0.5) is 5.69 Å². The molecule has 1 aliphatic rings. The Hall–Kier alpha value is -3.77. The predicted molar refractivity (Wildman–Crippen MR) is 159 cm³/mol. The van der Waals surface area contributed by atoms with Crippen LogP contribution in [0.5, 0.6) is 0 Å². The number of nitrogens with one attached hydrogen (secondary N) is 3. The van der Waals surface area contributed by atoms with Crippen LogP contribution in [0.15, 0.2) is 48.5 Å². The van der Waals surface area contributed by atoms with Gasteiger partial charge in [0.15, 0.2) is 0 Å². The summed E-state index contributed by atoms with van der Waals surface area (Å²) in [5, 5.41) is 6.06. The number of sulfonamides is 1. The SMILES string of the molecule is CC(C)C[C@H](N[C@H](CCN1C(=O)c2ccc(NS(C)(=O)=O)cc2C1=O)C(=O)OC(C)(C)C)C(=O)NCc1ccccc1. The summed E-state index contributed by atoms with van der Waals surface area (Å²) in [7, 11) is -3.58. The molecule has 0 saturated carbocycles. The maximum atomic E-state index is 13.3. The first-order valence-corrected chi connectivity index (χ1v) is 15.7. The standard InChI is InChI=1S/C30H40N4O7S/c1-19(2)16-25(26(35)31-18-20-10-8-7-9-11-20)32-24(29(38)41-30(3,4)5)14-15-34-27(36)22-13-12-21(33-42(6,39)40)17-23(22)28(34)37/h7-13,17,19,24-25,32-33H,14-16,18H2,1-6H3,(H,31,35)/t24-,25+/m1/s1. The lowest BCUT2D eigenvalue weighted by Gasteiger charge is -2.29. The first-order chi connectivity index (χ1) is 19.5. The minimum absolute atomic E-state index is 0.00457. The van der Waals surface area contributed by atoms with Gasteiger partial charge in [-0.25, -0.2) is 8.42 Å². The predicted octanol–water partition coefficient (Wildman–Crippen LogP) is 3.08. The van der Waals surface area contributed by atoms with Crippen LogP contribution < -0.4 is 15.4 Å². The van der Waals surface area contributed by atoms with Crippen LogP contribution in [0.25, 0.3) is 0 Å². The van der Waals surface area contributed by atoms with Gasteiger partial charge >= 0.3 is 5.97 Å². The van der Waals surface area contributed by atoms with E-state index in [1.807, 2.05) is 44.2 Å². The van der Waals surface area contributed by atoms with Gasteiger partial charge < -0.3 is 10.1 Å². The molecule has 2 aromatic rings. The molecular weight excluding hydrogens is 560 g/mol. The van der Waals surface area contributed by atoms with E-state index < -0.39 is 45.5 Å². The molecule has 3 rings (SSSR count). The second-order valence-electron chi connectivity index (χ2n) is 11.8. The third-order valence-corrected chi connectivity index (χ3v) is 6.95. The van der Waals surface area contributed by atoms with Gasteiger partial charge in [0.25, 0.3) is 11.8 Å². The highest BCUT2D eigenvalue weighted by Crippen LogP contribution is 2.27. The number of anilines is 1. The average Bonchev–Trinajstić information content (AvgIpc) is 3.11. The van der Waals surface area contributed by atoms with E-state index >= 15 is 0 Å². The molecule has 0 aliphatic carbocycles. The molecule has 42 heavy (non-hydrogen) atoms. The molecule has 0 unspecified atom stereocenters. The summed E-state index contributed by atoms with van der Waals surface area (Å²) >= 11 is 0. The van der Waals surface area contributed by atoms with Gasteiger partial charge in [-0.05, 0) is 63.3 Å². The molecule has 0 fully saturated rings. The largest absolute Gasteiger partial charge is 0.459 e. The van der Waals surface area contributed by atoms with Gasteiger partial charge in [0.1, 0.15) is 11.6 Å². The molecule has 228 valence electrons. The normalized spacial score (nSPS) is 14.9. The molecule has 3 amide bonds. The third-order valence-electron chi connectivity index (χ3n) is 6.34. The average molecular weight is 601 g/mol. The second kappa shape index (κ2) is 13.5. The lowest BCUT2D eigenvalue weighted by molar-refractivity contribution is -0.158. The molecule has 1 aliphatic heterocycles. The van der Waals surface area contributed by atoms with E-state index in [0.29, 0.717) is 13.0 Å². The molecule has 0 spiro atoms. The lowest BCUT2D eigenvalue weighted by Crippen LogP contribution is -2.53. The van der Waals surface area contributed by atoms with E-state index in [9.17, 15) is 27.6 Å². The molecule has 0 aromatic heterocycles. The molecule has 0 saturated heterocycles. The molecule has 0 radical (unpaired) electrons. The van der Waals surface area contributed by atoms with Crippen molar-refractivity contribution >= 4 is 39.4 Å². The summed E-state index contributed by atoms with van der Waals surface area (Å²) < 4.78 is 31.1. The fraction of sp³-hybridized carbons (Fsp3) is 0.467. The van der Waals surface area contributed by atoms with Gasteiger partial charge in [0, 0.05) is 18.8 Å². The minimum atomic E-state index is -3.58. The smallest absolute Gasteiger partial charge is 0.323 e. The van der Waals surface area contributed by atoms with Crippen molar-refractivity contribution in [1.82, 2.24) is 15.5 Å². The maximum Gasteiger partial charge on any atom is 0.323 e. The van der Waals surface area contributed by atoms with Crippen LogP contribution in [0.1, 0.15) is 73.7 Å². The van der Waals surface area contributed by atoms with Crippen LogP contribution in [0.3, 0.4) is 0 Å². The lowest BCUT2D eigenvalue weighted by atomic mass is 10.0. The molecule has 2 atom stereocenters. The Morgan fingerprint density at radius 3 is 2.19 bits per heavy atom. The third kappa shape index (κ3) is 9.38. The van der Waals surface area contributed by atoms with E-state index in [-0.39, 0.29) is 41.6 Å². The second-order valence-corrected chi connectivity index (χ2v) is 13.6. The van der Waals surface area contributed by atoms with Crippen molar-refractivity contribution in [2.45, 2.75) is 71.7 Å². The zero-order chi connectivity index (χ0) is 31.2. The Balaban J connectivity index is 1.78. The van der Waals surface area contributed by atoms with Gasteiger partial charge in [-0.1, -0.05) is 44.2 Å². The number of esters is 1. The van der Waals surface area contributed by atoms with Crippen molar-refractivity contribution in [3.63, 3.8) is 0 Å². The Labute approximate surface area is 247 Å². The number of rotatable bonds is 13. The number of hydrogen-bond donors (Lipinski definition) is 3. The van der Waals surface area contributed by atoms with E-state index in [1.165, 1.54) is 18.2 Å². The van der Waals surface area contributed by atoms with Crippen LogP contribution in [-0.2, 0) is 30.9 Å². The van der Waals surface area contributed by atoms with Crippen LogP contribution in [0.2, 0.25) is 0 Å². The van der Waals surface area contributed by atoms with E-state index in [4.69, 9.17) is 4.74 Å². The van der Waals surface area contributed by atoms with E-state index in [0.717, 1.165) is 16.7 Å². The Bertz CT molecular complexity index is 1420. The summed E-state index contributed by atoms with van der Waals surface area (Å²) in [6.07, 6.45) is 1.41. The first-order valence-electron chi connectivity index (χ1n) is 13.8. The van der Waals surface area contributed by atoms with Crippen molar-refractivity contribution in [2.24, 2.45) is 5.92 Å². The first kappa shape index (κ1) is 32.7. The Morgan fingerprint density at radius 2 is 1.60 bits per heavy atom. The summed E-state index contributed by atoms with van der Waals surface area (Å²) in [6, 6.07) is 11.8. The van der Waals surface area contributed by atoms with E-state index in [1.54, 1.807) is 20.8 Å². The fourth-order valence-corrected chi connectivity index (χ4v) is 5.10. The van der Waals surface area contributed by atoms with Crippen molar-refractivity contribution < 1.29 is 32.3 Å². The topological polar surface area (TPSA) is 151 Å². The highest BCUT2D eigenvalue weighted by atomic mass is 32.2. The van der Waals surface area contributed by atoms with Gasteiger partial charge in [-0.15, -0.1) is 0 Å². The quantitative estimate of drug-likeness (QED) is 0.234. The molecule has 0 bridgehead atoms. The molecule has 1 heterocycles. The van der Waals surface area contributed by atoms with Crippen LogP contribution in [0, 0.1) is 5.92 Å². The number of fused-ring (bicyclic) bond motifs is 1. The summed E-state index contributed by atoms with van der Waals surface area (Å²) in [5.41, 5.74) is 0.481. The number of nitrogens with zero attached hydrogens (tertiary/aromatic N) is 1. The molecule has 2 aromatic carbocycles. The van der Waals surface area contributed by atoms with Gasteiger partial charge in [-0.2, -0.15) is 0 Å². The number of imide groups is 1. The number of carbonyl (C=O) groups excluding carboxylic acids is 4. The zero-order valence-corrected chi connectivity index (χ0v) is 25.7. The van der Waals surface area contributed by atoms with Crippen LogP contribution in [-0.4, -0.2) is 67.5 Å². The van der Waals surface area contributed by atoms with Gasteiger partial charge in [0.2, 0.25) is 15.9 Å². The van der Waals surface area contributed by atoms with E-state index in [2.05, 4.69) is 15.4 Å². The fourth-order valence-electron chi connectivity index (χ4n) is 4.54. The van der Waals surface area contributed by atoms with Crippen LogP contribution >= 0.6 is 0 Å². The molecular formula is C30H40N4O7S. The minimum Gasteiger partial charge on any atom is -0.459 e. The number of amides is 3. The highest BCUT2D eigenvalue weighted by molar-refractivity contribution is 7.92. The van der Waals surface area contributed by atoms with Gasteiger partial charge in [-0.3, -0.25) is 34.1 Å². The van der Waals surface area contributed by atoms with Crippen molar-refractivity contribution in [3.8, 4) is 0 Å². The summed E-state index contributed by atoms with van der Waals surface area (Å²) in [4.78, 5) is 53.8. The monoisotopic (exact) mass is 600 g/mol. The zero-order valence-electron chi connectivity index (χ0n) is 24.9. The van der Waals surface area contributed by atoms with Crippen molar-refractivity contribution in [3.05, 3.63) is 65.2 Å². The molecule has 12 heteroatoms. The number of ether oxygens (including phenoxy) is 1. The number of carbonyl (C=O) groups is 4.